The second kappa shape index (κ2) is 5.17. The number of carbonyl (C=O) groups is 1. The summed E-state index contributed by atoms with van der Waals surface area (Å²) in [7, 11) is 0. The predicted molar refractivity (Wildman–Crippen MR) is 76.0 cm³/mol. The zero-order valence-electron chi connectivity index (χ0n) is 11.2. The number of amides is 1. The smallest absolute Gasteiger partial charge is 0.407 e. The minimum absolute atomic E-state index is 0.0910. The molecule has 0 bridgehead atoms. The second-order valence-corrected chi connectivity index (χ2v) is 5.09. The third-order valence-electron chi connectivity index (χ3n) is 4.04. The van der Waals surface area contributed by atoms with Crippen LogP contribution < -0.4 is 0 Å². The van der Waals surface area contributed by atoms with Crippen LogP contribution in [0, 0.1) is 0 Å². The monoisotopic (exact) mass is 274 g/mol. The molecule has 3 rings (SSSR count). The van der Waals surface area contributed by atoms with E-state index < -0.39 is 6.09 Å². The summed E-state index contributed by atoms with van der Waals surface area (Å²) in [6, 6.07) is 8.15. The largest absolute Gasteiger partial charge is 0.465 e. The van der Waals surface area contributed by atoms with Crippen LogP contribution in [-0.2, 0) is 19.4 Å². The first kappa shape index (κ1) is 13.0. The van der Waals surface area contributed by atoms with Gasteiger partial charge in [0.1, 0.15) is 0 Å². The van der Waals surface area contributed by atoms with Crippen molar-refractivity contribution in [2.45, 2.75) is 19.4 Å². The third kappa shape index (κ3) is 2.04. The highest BCUT2D eigenvalue weighted by Gasteiger charge is 2.23. The first-order chi connectivity index (χ1) is 9.72. The SMILES string of the molecule is O=C(O)N1CCc2c(n(CCO)c3ccccc23)CC1. The molecule has 1 aliphatic rings. The Labute approximate surface area is 117 Å². The number of benzene rings is 1. The highest BCUT2D eigenvalue weighted by molar-refractivity contribution is 5.86. The van der Waals surface area contributed by atoms with Crippen molar-refractivity contribution >= 4 is 17.0 Å². The maximum Gasteiger partial charge on any atom is 0.407 e. The standard InChI is InChI=1S/C15H18N2O3/c18-10-9-17-13-4-2-1-3-11(13)12-5-7-16(15(19)20)8-6-14(12)17/h1-4,18H,5-10H2,(H,19,20). The zero-order chi connectivity index (χ0) is 14.1. The minimum Gasteiger partial charge on any atom is -0.465 e. The molecule has 1 amide bonds. The van der Waals surface area contributed by atoms with Crippen LogP contribution in [0.3, 0.4) is 0 Å². The quantitative estimate of drug-likeness (QED) is 0.876. The van der Waals surface area contributed by atoms with Gasteiger partial charge in [-0.25, -0.2) is 4.79 Å². The molecule has 1 aromatic carbocycles. The minimum atomic E-state index is -0.854. The first-order valence-electron chi connectivity index (χ1n) is 6.90. The van der Waals surface area contributed by atoms with E-state index in [2.05, 4.69) is 16.7 Å². The lowest BCUT2D eigenvalue weighted by molar-refractivity contribution is 0.147. The van der Waals surface area contributed by atoms with Crippen LogP contribution in [0.2, 0.25) is 0 Å². The van der Waals surface area contributed by atoms with Gasteiger partial charge in [0.2, 0.25) is 0 Å². The summed E-state index contributed by atoms with van der Waals surface area (Å²) >= 11 is 0. The number of aliphatic hydroxyl groups excluding tert-OH is 1. The molecule has 2 aromatic rings. The van der Waals surface area contributed by atoms with Crippen molar-refractivity contribution in [1.82, 2.24) is 9.47 Å². The number of para-hydroxylation sites is 1. The Balaban J connectivity index is 2.09. The van der Waals surface area contributed by atoms with Crippen molar-refractivity contribution < 1.29 is 15.0 Å². The van der Waals surface area contributed by atoms with Crippen LogP contribution in [-0.4, -0.2) is 45.5 Å². The Morgan fingerprint density at radius 3 is 2.70 bits per heavy atom. The van der Waals surface area contributed by atoms with Gasteiger partial charge in [0.15, 0.2) is 0 Å². The lowest BCUT2D eigenvalue weighted by Crippen LogP contribution is -2.31. The molecule has 1 aliphatic heterocycles. The fraction of sp³-hybridized carbons (Fsp3) is 0.400. The van der Waals surface area contributed by atoms with E-state index in [9.17, 15) is 9.90 Å². The maximum absolute atomic E-state index is 11.1. The normalized spacial score (nSPS) is 15.2. The van der Waals surface area contributed by atoms with E-state index in [4.69, 9.17) is 5.11 Å². The number of fused-ring (bicyclic) bond motifs is 3. The molecule has 0 aliphatic carbocycles. The molecule has 0 atom stereocenters. The van der Waals surface area contributed by atoms with E-state index >= 15 is 0 Å². The molecular formula is C15H18N2O3. The van der Waals surface area contributed by atoms with E-state index in [1.54, 1.807) is 0 Å². The first-order valence-corrected chi connectivity index (χ1v) is 6.90. The molecule has 0 saturated carbocycles. The van der Waals surface area contributed by atoms with E-state index in [-0.39, 0.29) is 6.61 Å². The van der Waals surface area contributed by atoms with Gasteiger partial charge in [-0.1, -0.05) is 18.2 Å². The Morgan fingerprint density at radius 1 is 1.20 bits per heavy atom. The van der Waals surface area contributed by atoms with E-state index in [0.29, 0.717) is 26.1 Å². The second-order valence-electron chi connectivity index (χ2n) is 5.09. The van der Waals surface area contributed by atoms with E-state index in [0.717, 1.165) is 11.9 Å². The fourth-order valence-electron chi connectivity index (χ4n) is 3.14. The molecule has 5 heteroatoms. The van der Waals surface area contributed by atoms with Gasteiger partial charge < -0.3 is 19.7 Å². The van der Waals surface area contributed by atoms with E-state index in [1.807, 2.05) is 12.1 Å². The summed E-state index contributed by atoms with van der Waals surface area (Å²) in [5.41, 5.74) is 3.54. The van der Waals surface area contributed by atoms with Crippen molar-refractivity contribution in [3.63, 3.8) is 0 Å². The predicted octanol–water partition coefficient (Wildman–Crippen LogP) is 1.71. The number of rotatable bonds is 2. The van der Waals surface area contributed by atoms with Gasteiger partial charge in [0.25, 0.3) is 0 Å². The van der Waals surface area contributed by atoms with Crippen molar-refractivity contribution in [2.24, 2.45) is 0 Å². The summed E-state index contributed by atoms with van der Waals surface area (Å²) < 4.78 is 2.13. The zero-order valence-corrected chi connectivity index (χ0v) is 11.2. The number of hydrogen-bond acceptors (Lipinski definition) is 2. The van der Waals surface area contributed by atoms with Crippen LogP contribution in [0.4, 0.5) is 4.79 Å². The van der Waals surface area contributed by atoms with Gasteiger partial charge in [0.05, 0.1) is 6.61 Å². The van der Waals surface area contributed by atoms with Crippen LogP contribution >= 0.6 is 0 Å². The highest BCUT2D eigenvalue weighted by atomic mass is 16.4. The van der Waals surface area contributed by atoms with Gasteiger partial charge in [-0.2, -0.15) is 0 Å². The summed E-state index contributed by atoms with van der Waals surface area (Å²) in [6.07, 6.45) is 0.588. The molecule has 106 valence electrons. The van der Waals surface area contributed by atoms with Crippen molar-refractivity contribution in [1.29, 1.82) is 0 Å². The molecule has 0 fully saturated rings. The van der Waals surface area contributed by atoms with Gasteiger partial charge in [-0.05, 0) is 18.1 Å². The van der Waals surface area contributed by atoms with Crippen molar-refractivity contribution in [3.8, 4) is 0 Å². The van der Waals surface area contributed by atoms with Gasteiger partial charge in [-0.15, -0.1) is 0 Å². The Morgan fingerprint density at radius 2 is 1.95 bits per heavy atom. The fourth-order valence-corrected chi connectivity index (χ4v) is 3.14. The van der Waals surface area contributed by atoms with E-state index in [1.165, 1.54) is 21.5 Å². The summed E-state index contributed by atoms with van der Waals surface area (Å²) in [5, 5.41) is 19.6. The third-order valence-corrected chi connectivity index (χ3v) is 4.04. The van der Waals surface area contributed by atoms with Crippen molar-refractivity contribution in [2.75, 3.05) is 19.7 Å². The Hall–Kier alpha value is -2.01. The number of nitrogens with zero attached hydrogens (tertiary/aromatic N) is 2. The molecule has 20 heavy (non-hydrogen) atoms. The van der Waals surface area contributed by atoms with Gasteiger partial charge >= 0.3 is 6.09 Å². The molecule has 5 nitrogen and oxygen atoms in total. The molecule has 0 saturated heterocycles. The average molecular weight is 274 g/mol. The average Bonchev–Trinajstić information content (AvgIpc) is 2.62. The highest BCUT2D eigenvalue weighted by Crippen LogP contribution is 2.29. The number of hydrogen-bond donors (Lipinski definition) is 2. The number of aromatic nitrogens is 1. The molecule has 2 heterocycles. The van der Waals surface area contributed by atoms with Crippen LogP contribution in [0.25, 0.3) is 10.9 Å². The van der Waals surface area contributed by atoms with Gasteiger partial charge in [-0.3, -0.25) is 0 Å². The molecule has 0 unspecified atom stereocenters. The van der Waals surface area contributed by atoms with Crippen LogP contribution in [0.1, 0.15) is 11.3 Å². The molecule has 0 spiro atoms. The van der Waals surface area contributed by atoms with Crippen molar-refractivity contribution in [3.05, 3.63) is 35.5 Å². The topological polar surface area (TPSA) is 65.7 Å². The molecular weight excluding hydrogens is 256 g/mol. The molecule has 2 N–H and O–H groups in total. The summed E-state index contributed by atoms with van der Waals surface area (Å²) in [4.78, 5) is 12.6. The Bertz CT molecular complexity index is 648. The Kier molecular flexibility index (Phi) is 3.36. The molecule has 1 aromatic heterocycles. The summed E-state index contributed by atoms with van der Waals surface area (Å²) in [5.74, 6) is 0. The lowest BCUT2D eigenvalue weighted by Gasteiger charge is -2.16. The number of aliphatic hydroxyl groups is 1. The van der Waals surface area contributed by atoms with Crippen LogP contribution in [0.15, 0.2) is 24.3 Å². The maximum atomic E-state index is 11.1. The molecule has 0 radical (unpaired) electrons. The number of carboxylic acid groups (broad SMARTS) is 1. The lowest BCUT2D eigenvalue weighted by atomic mass is 10.1. The summed E-state index contributed by atoms with van der Waals surface area (Å²) in [6.45, 7) is 1.70. The van der Waals surface area contributed by atoms with Crippen LogP contribution in [0.5, 0.6) is 0 Å². The van der Waals surface area contributed by atoms with Gasteiger partial charge in [0, 0.05) is 42.7 Å².